The first-order chi connectivity index (χ1) is 6.44. The summed E-state index contributed by atoms with van der Waals surface area (Å²) in [6, 6.07) is 0. The average Bonchev–Trinajstić information content (AvgIpc) is 2.06. The molecule has 1 fully saturated rings. The van der Waals surface area contributed by atoms with Crippen molar-refractivity contribution in [3.8, 4) is 0 Å². The summed E-state index contributed by atoms with van der Waals surface area (Å²) in [5, 5.41) is 13.4. The van der Waals surface area contributed by atoms with Crippen molar-refractivity contribution in [3.63, 3.8) is 0 Å². The summed E-state index contributed by atoms with van der Waals surface area (Å²) >= 11 is 0. The van der Waals surface area contributed by atoms with Gasteiger partial charge in [-0.25, -0.2) is 5.01 Å². The average molecular weight is 204 g/mol. The molecule has 0 unspecified atom stereocenters. The van der Waals surface area contributed by atoms with Crippen LogP contribution in [0.2, 0.25) is 0 Å². The maximum atomic E-state index is 10.4. The summed E-state index contributed by atoms with van der Waals surface area (Å²) in [5.74, 6) is 0. The molecule has 0 radical (unpaired) electrons. The van der Waals surface area contributed by atoms with E-state index in [0.717, 1.165) is 5.01 Å². The zero-order chi connectivity index (χ0) is 10.8. The van der Waals surface area contributed by atoms with E-state index in [1.54, 1.807) is 0 Å². The lowest BCUT2D eigenvalue weighted by Gasteiger charge is -2.37. The third-order valence-corrected chi connectivity index (χ3v) is 1.73. The van der Waals surface area contributed by atoms with Gasteiger partial charge in [0, 0.05) is 0 Å². The van der Waals surface area contributed by atoms with Crippen molar-refractivity contribution in [1.82, 2.24) is 5.01 Å². The van der Waals surface area contributed by atoms with Gasteiger partial charge in [-0.2, -0.15) is 0 Å². The Morgan fingerprint density at radius 1 is 1.57 bits per heavy atom. The molecule has 0 aromatic rings. The Bertz CT molecular complexity index is 204. The van der Waals surface area contributed by atoms with Crippen LogP contribution in [0.15, 0.2) is 5.29 Å². The molecule has 1 aliphatic rings. The van der Waals surface area contributed by atoms with Crippen LogP contribution in [-0.2, 0) is 9.47 Å². The first-order valence-electron chi connectivity index (χ1n) is 4.51. The van der Waals surface area contributed by atoms with Crippen LogP contribution in [-0.4, -0.2) is 41.4 Å². The van der Waals surface area contributed by atoms with Crippen LogP contribution in [0, 0.1) is 4.91 Å². The summed E-state index contributed by atoms with van der Waals surface area (Å²) in [5.41, 5.74) is -0.463. The van der Waals surface area contributed by atoms with Crippen molar-refractivity contribution >= 4 is 0 Å². The zero-order valence-electron chi connectivity index (χ0n) is 8.64. The lowest BCUT2D eigenvalue weighted by atomic mass is 10.2. The van der Waals surface area contributed by atoms with Gasteiger partial charge in [0.2, 0.25) is 6.29 Å². The SMILES string of the molecule is CC(C)(C)O[C@H]1[C@H](O)OCCN1N=O. The molecule has 0 aliphatic carbocycles. The number of morpholine rings is 1. The fourth-order valence-electron chi connectivity index (χ4n) is 1.19. The van der Waals surface area contributed by atoms with Crippen LogP contribution in [0.5, 0.6) is 0 Å². The molecular formula is C8H16N2O4. The van der Waals surface area contributed by atoms with Crippen molar-refractivity contribution in [2.24, 2.45) is 5.29 Å². The summed E-state index contributed by atoms with van der Waals surface area (Å²) in [6.07, 6.45) is -1.94. The molecule has 0 bridgehead atoms. The number of hydrogen-bond donors (Lipinski definition) is 1. The second-order valence-electron chi connectivity index (χ2n) is 4.13. The number of ether oxygens (including phenoxy) is 2. The summed E-state index contributed by atoms with van der Waals surface area (Å²) in [7, 11) is 0. The fourth-order valence-corrected chi connectivity index (χ4v) is 1.19. The van der Waals surface area contributed by atoms with Gasteiger partial charge in [-0.3, -0.25) is 0 Å². The number of aliphatic hydroxyl groups is 1. The first-order valence-corrected chi connectivity index (χ1v) is 4.51. The van der Waals surface area contributed by atoms with E-state index in [4.69, 9.17) is 9.47 Å². The molecule has 0 aromatic carbocycles. The topological polar surface area (TPSA) is 71.4 Å². The largest absolute Gasteiger partial charge is 0.364 e. The Balaban J connectivity index is 2.64. The molecular weight excluding hydrogens is 188 g/mol. The molecule has 6 nitrogen and oxygen atoms in total. The molecule has 1 heterocycles. The highest BCUT2D eigenvalue weighted by molar-refractivity contribution is 4.71. The Hall–Kier alpha value is -0.720. The van der Waals surface area contributed by atoms with Crippen molar-refractivity contribution in [1.29, 1.82) is 0 Å². The van der Waals surface area contributed by atoms with Gasteiger partial charge < -0.3 is 14.6 Å². The molecule has 1 N–H and O–H groups in total. The third kappa shape index (κ3) is 2.90. The van der Waals surface area contributed by atoms with Crippen molar-refractivity contribution in [3.05, 3.63) is 4.91 Å². The van der Waals surface area contributed by atoms with E-state index in [1.807, 2.05) is 20.8 Å². The Morgan fingerprint density at radius 2 is 2.21 bits per heavy atom. The second-order valence-corrected chi connectivity index (χ2v) is 4.13. The van der Waals surface area contributed by atoms with Gasteiger partial charge >= 0.3 is 0 Å². The number of aliphatic hydroxyl groups excluding tert-OH is 1. The standard InChI is InChI=1S/C8H16N2O4/c1-8(2,3)14-6-7(11)13-5-4-10(6)9-12/h6-7,11H,4-5H2,1-3H3/t6-,7+/m0/s1. The molecule has 0 aromatic heterocycles. The van der Waals surface area contributed by atoms with E-state index in [2.05, 4.69) is 5.29 Å². The quantitative estimate of drug-likeness (QED) is 0.661. The molecule has 0 saturated carbocycles. The van der Waals surface area contributed by atoms with Crippen LogP contribution < -0.4 is 0 Å². The molecule has 2 atom stereocenters. The van der Waals surface area contributed by atoms with Crippen molar-refractivity contribution < 1.29 is 14.6 Å². The smallest absolute Gasteiger partial charge is 0.202 e. The van der Waals surface area contributed by atoms with Crippen LogP contribution in [0.1, 0.15) is 20.8 Å². The third-order valence-electron chi connectivity index (χ3n) is 1.73. The van der Waals surface area contributed by atoms with E-state index < -0.39 is 18.1 Å². The highest BCUT2D eigenvalue weighted by Gasteiger charge is 2.35. The Labute approximate surface area is 82.7 Å². The zero-order valence-corrected chi connectivity index (χ0v) is 8.64. The number of hydrogen-bond acceptors (Lipinski definition) is 5. The minimum atomic E-state index is -1.12. The van der Waals surface area contributed by atoms with Gasteiger partial charge in [0.1, 0.15) is 0 Å². The molecule has 0 spiro atoms. The van der Waals surface area contributed by atoms with Gasteiger partial charge in [-0.1, -0.05) is 0 Å². The highest BCUT2D eigenvalue weighted by Crippen LogP contribution is 2.20. The number of rotatable bonds is 2. The molecule has 0 amide bonds. The normalized spacial score (nSPS) is 29.0. The molecule has 82 valence electrons. The van der Waals surface area contributed by atoms with Crippen LogP contribution in [0.4, 0.5) is 0 Å². The predicted octanol–water partition coefficient (Wildman–Crippen LogP) is 0.460. The monoisotopic (exact) mass is 204 g/mol. The van der Waals surface area contributed by atoms with Gasteiger partial charge in [-0.15, -0.1) is 4.91 Å². The minimum Gasteiger partial charge on any atom is -0.364 e. The maximum absolute atomic E-state index is 10.4. The van der Waals surface area contributed by atoms with Gasteiger partial charge in [0.25, 0.3) is 0 Å². The van der Waals surface area contributed by atoms with Gasteiger partial charge in [-0.05, 0) is 20.8 Å². The van der Waals surface area contributed by atoms with Gasteiger partial charge in [0.15, 0.2) is 6.23 Å². The Morgan fingerprint density at radius 3 is 2.71 bits per heavy atom. The first kappa shape index (κ1) is 11.4. The van der Waals surface area contributed by atoms with Crippen LogP contribution in [0.25, 0.3) is 0 Å². The van der Waals surface area contributed by atoms with E-state index in [1.165, 1.54) is 0 Å². The van der Waals surface area contributed by atoms with Gasteiger partial charge in [0.05, 0.1) is 24.0 Å². The lowest BCUT2D eigenvalue weighted by Crippen LogP contribution is -2.52. The minimum absolute atomic E-state index is 0.275. The molecule has 1 rings (SSSR count). The number of nitrogens with zero attached hydrogens (tertiary/aromatic N) is 2. The van der Waals surface area contributed by atoms with Crippen molar-refractivity contribution in [2.45, 2.75) is 38.9 Å². The van der Waals surface area contributed by atoms with Crippen LogP contribution in [0.3, 0.4) is 0 Å². The second kappa shape index (κ2) is 4.20. The summed E-state index contributed by atoms with van der Waals surface area (Å²) in [6.45, 7) is 6.10. The van der Waals surface area contributed by atoms with E-state index in [0.29, 0.717) is 6.54 Å². The summed E-state index contributed by atoms with van der Waals surface area (Å²) in [4.78, 5) is 10.4. The van der Waals surface area contributed by atoms with E-state index >= 15 is 0 Å². The molecule has 14 heavy (non-hydrogen) atoms. The van der Waals surface area contributed by atoms with E-state index in [9.17, 15) is 10.0 Å². The predicted molar refractivity (Wildman–Crippen MR) is 49.1 cm³/mol. The maximum Gasteiger partial charge on any atom is 0.202 e. The molecule has 1 saturated heterocycles. The molecule has 1 aliphatic heterocycles. The summed E-state index contributed by atoms with van der Waals surface area (Å²) < 4.78 is 10.4. The molecule has 6 heteroatoms. The number of nitroso groups, excluding NO2 is 1. The van der Waals surface area contributed by atoms with E-state index in [-0.39, 0.29) is 6.61 Å². The highest BCUT2D eigenvalue weighted by atomic mass is 16.7. The lowest BCUT2D eigenvalue weighted by molar-refractivity contribution is -0.280. The van der Waals surface area contributed by atoms with Crippen molar-refractivity contribution in [2.75, 3.05) is 13.2 Å². The van der Waals surface area contributed by atoms with Crippen LogP contribution >= 0.6 is 0 Å². The Kier molecular flexibility index (Phi) is 3.41. The fraction of sp³-hybridized carbons (Fsp3) is 1.00.